The van der Waals surface area contributed by atoms with Gasteiger partial charge in [-0.3, -0.25) is 0 Å². The second-order valence-electron chi connectivity index (χ2n) is 10.3. The van der Waals surface area contributed by atoms with Gasteiger partial charge in [0.2, 0.25) is 0 Å². The first kappa shape index (κ1) is 25.9. The maximum Gasteiger partial charge on any atom is -0.147 e. The molecule has 0 saturated carbocycles. The fourth-order valence-electron chi connectivity index (χ4n) is 6.44. The quantitative estimate of drug-likeness (QED) is 0.349. The third kappa shape index (κ3) is 3.42. The van der Waals surface area contributed by atoms with Gasteiger partial charge in [-0.05, 0) is 0 Å². The van der Waals surface area contributed by atoms with Crippen molar-refractivity contribution in [3.63, 3.8) is 0 Å². The molecule has 0 fully saturated rings. The molecule has 2 atom stereocenters. The van der Waals surface area contributed by atoms with Crippen LogP contribution in [0.5, 0.6) is 0 Å². The summed E-state index contributed by atoms with van der Waals surface area (Å²) in [5.74, 6) is 0. The Kier molecular flexibility index (Phi) is 7.33. The predicted octanol–water partition coefficient (Wildman–Crippen LogP) is 7.88. The smallest absolute Gasteiger partial charge is 0.147 e. The van der Waals surface area contributed by atoms with Crippen molar-refractivity contribution in [1.29, 1.82) is 0 Å². The van der Waals surface area contributed by atoms with Crippen LogP contribution in [0.25, 0.3) is 12.2 Å². The molecule has 0 aliphatic heterocycles. The van der Waals surface area contributed by atoms with Gasteiger partial charge in [0.15, 0.2) is 0 Å². The summed E-state index contributed by atoms with van der Waals surface area (Å²) in [4.78, 5) is 0. The van der Waals surface area contributed by atoms with E-state index in [0.717, 1.165) is 3.63 Å². The molecule has 2 unspecified atom stereocenters. The molecule has 162 valence electrons. The zero-order valence-corrected chi connectivity index (χ0v) is 24.9. The SMILES string of the molecule is CC1=Cc2c(C)cccc2[CH]1[Zr]([CH3])(=[SiH2])([CH](C)C)[CH]1C(C)=Cc2c(C)cccc21.Cl.Cl. The maximum absolute atomic E-state index is 3.42. The van der Waals surface area contributed by atoms with E-state index in [1.165, 1.54) is 22.3 Å². The molecule has 0 radical (unpaired) electrons. The number of hydrogen-bond donors (Lipinski definition) is 0. The van der Waals surface area contributed by atoms with Crippen LogP contribution >= 0.6 is 24.8 Å². The Labute approximate surface area is 197 Å². The third-order valence-corrected chi connectivity index (χ3v) is 38.0. The van der Waals surface area contributed by atoms with E-state index in [1.54, 1.807) is 22.3 Å². The van der Waals surface area contributed by atoms with Crippen LogP contribution in [0.3, 0.4) is 0 Å². The fourth-order valence-corrected chi connectivity index (χ4v) is 29.4. The molecule has 0 saturated heterocycles. The molecule has 0 heterocycles. The van der Waals surface area contributed by atoms with Gasteiger partial charge >= 0.3 is 174 Å². The number of fused-ring (bicyclic) bond motifs is 2. The maximum atomic E-state index is 2.78. The van der Waals surface area contributed by atoms with Crippen LogP contribution in [0.2, 0.25) is 8.26 Å². The van der Waals surface area contributed by atoms with Crippen LogP contribution in [0.4, 0.5) is 0 Å². The summed E-state index contributed by atoms with van der Waals surface area (Å²) < 4.78 is 4.78. The van der Waals surface area contributed by atoms with Crippen LogP contribution in [0.15, 0.2) is 47.5 Å². The molecule has 2 aliphatic carbocycles. The van der Waals surface area contributed by atoms with Gasteiger partial charge in [-0.25, -0.2) is 0 Å². The molecule has 2 aromatic rings. The minimum atomic E-state index is -3.42. The number of allylic oxidation sites excluding steroid dienone is 2. The minimum Gasteiger partial charge on any atom is -0.147 e. The molecule has 2 aromatic carbocycles. The van der Waals surface area contributed by atoms with Crippen molar-refractivity contribution in [1.82, 2.24) is 0 Å². The molecule has 0 nitrogen and oxygen atoms in total. The number of hydrogen-bond acceptors (Lipinski definition) is 0. The van der Waals surface area contributed by atoms with Crippen molar-refractivity contribution in [2.75, 3.05) is 0 Å². The van der Waals surface area contributed by atoms with Crippen LogP contribution in [0, 0.1) is 13.8 Å². The zero-order chi connectivity index (χ0) is 20.5. The van der Waals surface area contributed by atoms with E-state index >= 15 is 0 Å². The first-order valence-electron chi connectivity index (χ1n) is 10.7. The van der Waals surface area contributed by atoms with Crippen LogP contribution in [0.1, 0.15) is 68.3 Å². The number of halogens is 2. The molecule has 30 heavy (non-hydrogen) atoms. The van der Waals surface area contributed by atoms with E-state index in [9.17, 15) is 0 Å². The minimum absolute atomic E-state index is 0. The molecule has 4 heteroatoms. The number of rotatable bonds is 3. The Bertz CT molecular complexity index is 1050. The first-order chi connectivity index (χ1) is 13.1. The standard InChI is InChI=1S/2C11H11.C3H7.CH3.2ClH.H2Si.Zr/c2*1-8-6-10-5-3-4-9(2)11(10)7-8;1-3-2;;;;;/h2*3-7H,1-2H3;3H,1-2H3;1H3;2*1H;1H2;. The van der Waals surface area contributed by atoms with Gasteiger partial charge in [0.1, 0.15) is 0 Å². The van der Waals surface area contributed by atoms with Gasteiger partial charge in [-0.2, -0.15) is 0 Å². The summed E-state index contributed by atoms with van der Waals surface area (Å²) in [6.07, 6.45) is 5.02. The van der Waals surface area contributed by atoms with E-state index < -0.39 is 17.4 Å². The second-order valence-corrected chi connectivity index (χ2v) is 38.9. The molecule has 4 rings (SSSR count). The van der Waals surface area contributed by atoms with Gasteiger partial charge < -0.3 is 0 Å². The van der Waals surface area contributed by atoms with Crippen molar-refractivity contribution in [3.05, 3.63) is 80.9 Å². The van der Waals surface area contributed by atoms with Crippen molar-refractivity contribution in [2.45, 2.75) is 57.1 Å². The monoisotopic (exact) mass is 536 g/mol. The summed E-state index contributed by atoms with van der Waals surface area (Å²) in [6.45, 7) is 16.9. The van der Waals surface area contributed by atoms with Gasteiger partial charge in [0, 0.05) is 0 Å². The van der Waals surface area contributed by atoms with Gasteiger partial charge in [0.25, 0.3) is 0 Å². The topological polar surface area (TPSA) is 0 Å². The van der Waals surface area contributed by atoms with Gasteiger partial charge in [0.05, 0.1) is 0 Å². The van der Waals surface area contributed by atoms with E-state index in [2.05, 4.69) is 102 Å². The molecule has 0 amide bonds. The van der Waals surface area contributed by atoms with Crippen molar-refractivity contribution in [2.24, 2.45) is 0 Å². The number of benzene rings is 2. The summed E-state index contributed by atoms with van der Waals surface area (Å²) in [5.41, 5.74) is 12.3. The largest absolute Gasteiger partial charge is 0.147 e. The second kappa shape index (κ2) is 8.51. The normalized spacial score (nSPS) is 20.0. The van der Waals surface area contributed by atoms with Crippen molar-refractivity contribution in [3.8, 4) is 0 Å². The summed E-state index contributed by atoms with van der Waals surface area (Å²) in [6, 6.07) is 14.0. The number of aryl methyl sites for hydroxylation is 2. The summed E-state index contributed by atoms with van der Waals surface area (Å²) >= 11 is -3.42. The van der Waals surface area contributed by atoms with E-state index in [0.29, 0.717) is 7.25 Å². The Balaban J connectivity index is 0.00000160. The first-order valence-corrected chi connectivity index (χ1v) is 23.3. The average molecular weight is 539 g/mol. The van der Waals surface area contributed by atoms with E-state index in [-0.39, 0.29) is 24.8 Å². The van der Waals surface area contributed by atoms with Crippen LogP contribution < -0.4 is 0 Å². The van der Waals surface area contributed by atoms with Crippen molar-refractivity contribution < 1.29 is 17.4 Å². The van der Waals surface area contributed by atoms with Crippen molar-refractivity contribution >= 4 is 43.8 Å². The predicted molar refractivity (Wildman–Crippen MR) is 139 cm³/mol. The van der Waals surface area contributed by atoms with Crippen LogP contribution in [-0.2, 0) is 17.4 Å². The molecular formula is C26H36Cl2SiZr. The average Bonchev–Trinajstić information content (AvgIpc) is 3.14. The Hall–Kier alpha value is -0.400. The molecule has 0 N–H and O–H groups in total. The summed E-state index contributed by atoms with van der Waals surface area (Å²) in [7, 11) is 0. The summed E-state index contributed by atoms with van der Waals surface area (Å²) in [5, 5.41) is 0. The zero-order valence-electron chi connectivity index (χ0n) is 19.4. The van der Waals surface area contributed by atoms with Crippen LogP contribution in [-0.4, -0.2) is 6.88 Å². The van der Waals surface area contributed by atoms with Gasteiger partial charge in [-0.15, -0.1) is 24.8 Å². The van der Waals surface area contributed by atoms with Gasteiger partial charge in [-0.1, -0.05) is 0 Å². The molecule has 0 aromatic heterocycles. The molecule has 0 spiro atoms. The third-order valence-electron chi connectivity index (χ3n) is 8.30. The Morgan fingerprint density at radius 2 is 1.10 bits per heavy atom. The Morgan fingerprint density at radius 3 is 1.43 bits per heavy atom. The Morgan fingerprint density at radius 1 is 0.733 bits per heavy atom. The van der Waals surface area contributed by atoms with E-state index in [4.69, 9.17) is 0 Å². The fraction of sp³-hybridized carbons (Fsp3) is 0.385. The van der Waals surface area contributed by atoms with E-state index in [1.807, 2.05) is 0 Å². The molecular weight excluding hydrogens is 503 g/mol. The molecule has 0 bridgehead atoms. The molecule has 2 aliphatic rings.